The van der Waals surface area contributed by atoms with Gasteiger partial charge in [-0.25, -0.2) is 9.97 Å². The molecule has 2 aromatic heterocycles. The SMILES string of the molecule is Cc1cc(-c2cccs2)nc(C2CC2C(=O)O)n1. The number of aromatic nitrogens is 2. The van der Waals surface area contributed by atoms with Crippen LogP contribution in [0.25, 0.3) is 10.6 Å². The molecule has 92 valence electrons. The van der Waals surface area contributed by atoms with E-state index in [0.29, 0.717) is 12.2 Å². The van der Waals surface area contributed by atoms with E-state index in [1.165, 1.54) is 0 Å². The molecule has 1 N–H and O–H groups in total. The second-order valence-corrected chi connectivity index (χ2v) is 5.46. The van der Waals surface area contributed by atoms with Gasteiger partial charge in [-0.1, -0.05) is 6.07 Å². The van der Waals surface area contributed by atoms with Gasteiger partial charge >= 0.3 is 5.97 Å². The molecule has 0 aliphatic heterocycles. The zero-order valence-electron chi connectivity index (χ0n) is 9.83. The molecule has 4 nitrogen and oxygen atoms in total. The molecule has 2 aromatic rings. The van der Waals surface area contributed by atoms with Gasteiger partial charge in [0, 0.05) is 11.6 Å². The van der Waals surface area contributed by atoms with Gasteiger partial charge in [-0.3, -0.25) is 4.79 Å². The van der Waals surface area contributed by atoms with Crippen LogP contribution in [0.2, 0.25) is 0 Å². The van der Waals surface area contributed by atoms with Crippen molar-refractivity contribution in [3.05, 3.63) is 35.1 Å². The number of hydrogen-bond acceptors (Lipinski definition) is 4. The van der Waals surface area contributed by atoms with Crippen molar-refractivity contribution in [1.82, 2.24) is 9.97 Å². The third-order valence-corrected chi connectivity index (χ3v) is 3.98. The lowest BCUT2D eigenvalue weighted by atomic mass is 10.2. The van der Waals surface area contributed by atoms with Crippen LogP contribution in [0.15, 0.2) is 23.6 Å². The summed E-state index contributed by atoms with van der Waals surface area (Å²) in [6, 6.07) is 5.93. The largest absolute Gasteiger partial charge is 0.481 e. The zero-order valence-corrected chi connectivity index (χ0v) is 10.6. The molecule has 2 atom stereocenters. The van der Waals surface area contributed by atoms with Crippen LogP contribution in [0.1, 0.15) is 23.9 Å². The summed E-state index contributed by atoms with van der Waals surface area (Å²) in [6.07, 6.45) is 0.655. The molecule has 3 rings (SSSR count). The van der Waals surface area contributed by atoms with E-state index in [1.807, 2.05) is 30.5 Å². The Morgan fingerprint density at radius 1 is 1.50 bits per heavy atom. The Labute approximate surface area is 108 Å². The number of carbonyl (C=O) groups is 1. The van der Waals surface area contributed by atoms with Gasteiger partial charge in [0.25, 0.3) is 0 Å². The van der Waals surface area contributed by atoms with Crippen molar-refractivity contribution >= 4 is 17.3 Å². The maximum Gasteiger partial charge on any atom is 0.307 e. The zero-order chi connectivity index (χ0) is 12.7. The fourth-order valence-electron chi connectivity index (χ4n) is 2.06. The second-order valence-electron chi connectivity index (χ2n) is 4.52. The maximum atomic E-state index is 10.9. The van der Waals surface area contributed by atoms with Crippen LogP contribution in [0.3, 0.4) is 0 Å². The molecule has 1 aliphatic rings. The summed E-state index contributed by atoms with van der Waals surface area (Å²) in [7, 11) is 0. The summed E-state index contributed by atoms with van der Waals surface area (Å²) < 4.78 is 0. The smallest absolute Gasteiger partial charge is 0.307 e. The van der Waals surface area contributed by atoms with Gasteiger partial charge in [0.05, 0.1) is 16.5 Å². The molecule has 0 saturated heterocycles. The van der Waals surface area contributed by atoms with E-state index in [0.717, 1.165) is 16.3 Å². The van der Waals surface area contributed by atoms with E-state index in [2.05, 4.69) is 9.97 Å². The summed E-state index contributed by atoms with van der Waals surface area (Å²) in [4.78, 5) is 20.9. The first-order valence-corrected chi connectivity index (χ1v) is 6.65. The Morgan fingerprint density at radius 2 is 2.33 bits per heavy atom. The number of aryl methyl sites for hydroxylation is 1. The fourth-order valence-corrected chi connectivity index (χ4v) is 2.75. The highest BCUT2D eigenvalue weighted by molar-refractivity contribution is 7.13. The fraction of sp³-hybridized carbons (Fsp3) is 0.308. The number of carboxylic acids is 1. The van der Waals surface area contributed by atoms with E-state index in [9.17, 15) is 4.79 Å². The molecule has 1 aliphatic carbocycles. The minimum atomic E-state index is -0.747. The number of carboxylic acid groups (broad SMARTS) is 1. The number of aliphatic carboxylic acids is 1. The van der Waals surface area contributed by atoms with Crippen LogP contribution in [0, 0.1) is 12.8 Å². The average molecular weight is 260 g/mol. The first-order chi connectivity index (χ1) is 8.65. The van der Waals surface area contributed by atoms with Crippen LogP contribution in [0.4, 0.5) is 0 Å². The topological polar surface area (TPSA) is 63.1 Å². The molecule has 1 fully saturated rings. The Kier molecular flexibility index (Phi) is 2.63. The normalized spacial score (nSPS) is 21.8. The van der Waals surface area contributed by atoms with Crippen molar-refractivity contribution < 1.29 is 9.90 Å². The van der Waals surface area contributed by atoms with Crippen LogP contribution >= 0.6 is 11.3 Å². The van der Waals surface area contributed by atoms with Crippen molar-refractivity contribution in [3.8, 4) is 10.6 Å². The molecule has 0 amide bonds. The molecular weight excluding hydrogens is 248 g/mol. The summed E-state index contributed by atoms with van der Waals surface area (Å²) in [5.74, 6) is -0.391. The molecule has 1 saturated carbocycles. The minimum Gasteiger partial charge on any atom is -0.481 e. The highest BCUT2D eigenvalue weighted by atomic mass is 32.1. The van der Waals surface area contributed by atoms with Gasteiger partial charge in [0.1, 0.15) is 5.82 Å². The standard InChI is InChI=1S/C13H12N2O2S/c1-7-5-10(11-3-2-4-18-11)15-12(14-7)8-6-9(8)13(16)17/h2-5,8-9H,6H2,1H3,(H,16,17). The Balaban J connectivity index is 1.95. The van der Waals surface area contributed by atoms with Gasteiger partial charge in [-0.2, -0.15) is 0 Å². The van der Waals surface area contributed by atoms with Crippen LogP contribution in [0.5, 0.6) is 0 Å². The summed E-state index contributed by atoms with van der Waals surface area (Å²) in [5.41, 5.74) is 1.78. The predicted molar refractivity (Wildman–Crippen MR) is 68.6 cm³/mol. The lowest BCUT2D eigenvalue weighted by Crippen LogP contribution is -2.03. The van der Waals surface area contributed by atoms with Crippen LogP contribution in [-0.2, 0) is 4.79 Å². The minimum absolute atomic E-state index is 0.0129. The average Bonchev–Trinajstić information content (AvgIpc) is 2.95. The number of hydrogen-bond donors (Lipinski definition) is 1. The molecule has 2 unspecified atom stereocenters. The number of nitrogens with zero attached hydrogens (tertiary/aromatic N) is 2. The Hall–Kier alpha value is -1.75. The van der Waals surface area contributed by atoms with Gasteiger partial charge in [-0.05, 0) is 30.9 Å². The van der Waals surface area contributed by atoms with E-state index in [1.54, 1.807) is 11.3 Å². The van der Waals surface area contributed by atoms with Crippen molar-refractivity contribution in [1.29, 1.82) is 0 Å². The van der Waals surface area contributed by atoms with Gasteiger partial charge in [-0.15, -0.1) is 11.3 Å². The molecule has 0 spiro atoms. The lowest BCUT2D eigenvalue weighted by molar-refractivity contribution is -0.138. The molecule has 2 heterocycles. The van der Waals surface area contributed by atoms with Gasteiger partial charge < -0.3 is 5.11 Å². The second kappa shape index (κ2) is 4.17. The predicted octanol–water partition coefficient (Wildman–Crippen LogP) is 2.70. The Bertz CT molecular complexity index is 595. The van der Waals surface area contributed by atoms with Crippen molar-refractivity contribution in [2.24, 2.45) is 5.92 Å². The van der Waals surface area contributed by atoms with E-state index in [4.69, 9.17) is 5.11 Å². The molecule has 0 bridgehead atoms. The third-order valence-electron chi connectivity index (χ3n) is 3.08. The highest BCUT2D eigenvalue weighted by Gasteiger charge is 2.46. The van der Waals surface area contributed by atoms with E-state index in [-0.39, 0.29) is 11.8 Å². The van der Waals surface area contributed by atoms with Crippen LogP contribution < -0.4 is 0 Å². The molecular formula is C13H12N2O2S. The molecule has 5 heteroatoms. The molecule has 18 heavy (non-hydrogen) atoms. The number of thiophene rings is 1. The number of rotatable bonds is 3. The van der Waals surface area contributed by atoms with E-state index < -0.39 is 5.97 Å². The molecule has 0 radical (unpaired) electrons. The molecule has 0 aromatic carbocycles. The van der Waals surface area contributed by atoms with Crippen molar-refractivity contribution in [2.75, 3.05) is 0 Å². The van der Waals surface area contributed by atoms with Gasteiger partial charge in [0.2, 0.25) is 0 Å². The third kappa shape index (κ3) is 2.01. The van der Waals surface area contributed by atoms with Crippen molar-refractivity contribution in [3.63, 3.8) is 0 Å². The lowest BCUT2D eigenvalue weighted by Gasteiger charge is -2.03. The summed E-state index contributed by atoms with van der Waals surface area (Å²) in [5, 5.41) is 11.0. The van der Waals surface area contributed by atoms with Gasteiger partial charge in [0.15, 0.2) is 0 Å². The summed E-state index contributed by atoms with van der Waals surface area (Å²) >= 11 is 1.63. The summed E-state index contributed by atoms with van der Waals surface area (Å²) in [6.45, 7) is 1.92. The monoisotopic (exact) mass is 260 g/mol. The quantitative estimate of drug-likeness (QED) is 0.921. The Morgan fingerprint density at radius 3 is 2.94 bits per heavy atom. The van der Waals surface area contributed by atoms with Crippen LogP contribution in [-0.4, -0.2) is 21.0 Å². The van der Waals surface area contributed by atoms with E-state index >= 15 is 0 Å². The van der Waals surface area contributed by atoms with Crippen molar-refractivity contribution in [2.45, 2.75) is 19.3 Å². The first-order valence-electron chi connectivity index (χ1n) is 5.77. The highest BCUT2D eigenvalue weighted by Crippen LogP contribution is 2.46. The maximum absolute atomic E-state index is 10.9. The first kappa shape index (κ1) is 11.3.